The summed E-state index contributed by atoms with van der Waals surface area (Å²) in [5.74, 6) is 0. The minimum Gasteiger partial charge on any atom is -0.284 e. The minimum atomic E-state index is -0.496. The molecule has 0 aliphatic carbocycles. The Morgan fingerprint density at radius 3 is 2.77 bits per heavy atom. The largest absolute Gasteiger partial charge is 0.305 e. The van der Waals surface area contributed by atoms with Crippen LogP contribution in [0.25, 0.3) is 0 Å². The molecule has 6 heteroatoms. The van der Waals surface area contributed by atoms with Crippen molar-refractivity contribution in [2.24, 2.45) is 0 Å². The second-order valence-corrected chi connectivity index (χ2v) is 3.26. The Labute approximate surface area is 82.9 Å². The van der Waals surface area contributed by atoms with Gasteiger partial charge in [-0.25, -0.2) is 0 Å². The van der Waals surface area contributed by atoms with Crippen LogP contribution in [-0.4, -0.2) is 10.1 Å². The molecule has 0 fully saturated rings. The van der Waals surface area contributed by atoms with Gasteiger partial charge in [-0.1, -0.05) is 6.92 Å². The smallest absolute Gasteiger partial charge is 0.284 e. The minimum absolute atomic E-state index is 0.0333. The van der Waals surface area contributed by atoms with Crippen molar-refractivity contribution in [1.29, 1.82) is 0 Å². The highest BCUT2D eigenvalue weighted by molar-refractivity contribution is 9.10. The average molecular weight is 248 g/mol. The number of aryl methyl sites for hydroxylation is 1. The van der Waals surface area contributed by atoms with Gasteiger partial charge in [0.15, 0.2) is 0 Å². The fourth-order valence-electron chi connectivity index (χ4n) is 0.951. The zero-order valence-electron chi connectivity index (χ0n) is 6.90. The second-order valence-electron chi connectivity index (χ2n) is 2.45. The summed E-state index contributed by atoms with van der Waals surface area (Å²) >= 11 is 3.01. The summed E-state index contributed by atoms with van der Waals surface area (Å²) in [7, 11) is 0. The summed E-state index contributed by atoms with van der Waals surface area (Å²) in [5.41, 5.74) is 0.454. The molecule has 0 bridgehead atoms. The van der Waals surface area contributed by atoms with E-state index in [0.717, 1.165) is 4.73 Å². The molecule has 0 unspecified atom stereocenters. The summed E-state index contributed by atoms with van der Waals surface area (Å²) in [6.45, 7) is 1.80. The van der Waals surface area contributed by atoms with Crippen LogP contribution in [0.1, 0.15) is 12.6 Å². The van der Waals surface area contributed by atoms with Crippen LogP contribution in [0.5, 0.6) is 0 Å². The molecule has 0 atom stereocenters. The highest BCUT2D eigenvalue weighted by Gasteiger charge is 2.20. The van der Waals surface area contributed by atoms with E-state index in [2.05, 4.69) is 15.9 Å². The molecule has 1 heterocycles. The Kier molecular flexibility index (Phi) is 2.82. The van der Waals surface area contributed by atoms with Gasteiger partial charge in [0.25, 0.3) is 5.69 Å². The summed E-state index contributed by atoms with van der Waals surface area (Å²) in [5, 5.41) is 19.8. The lowest BCUT2D eigenvalue weighted by molar-refractivity contribution is -0.917. The summed E-state index contributed by atoms with van der Waals surface area (Å²) in [4.78, 5) is 9.93. The third-order valence-electron chi connectivity index (χ3n) is 1.63. The van der Waals surface area contributed by atoms with Gasteiger partial charge in [-0.2, -0.15) is 0 Å². The van der Waals surface area contributed by atoms with Gasteiger partial charge < -0.3 is 0 Å². The van der Waals surface area contributed by atoms with Crippen molar-refractivity contribution in [2.75, 3.05) is 0 Å². The average Bonchev–Trinajstić information content (AvgIpc) is 2.09. The first-order chi connectivity index (χ1) is 6.06. The van der Waals surface area contributed by atoms with Crippen LogP contribution in [0.2, 0.25) is 0 Å². The van der Waals surface area contributed by atoms with E-state index in [1.807, 2.05) is 0 Å². The molecule has 1 N–H and O–H groups in total. The Bertz CT molecular complexity index is 354. The van der Waals surface area contributed by atoms with Crippen LogP contribution in [0, 0.1) is 10.1 Å². The lowest BCUT2D eigenvalue weighted by Gasteiger charge is -1.95. The molecular weight excluding hydrogens is 240 g/mol. The maximum Gasteiger partial charge on any atom is 0.305 e. The number of nitro groups is 1. The maximum absolute atomic E-state index is 10.4. The Hall–Kier alpha value is -1.17. The fourth-order valence-corrected chi connectivity index (χ4v) is 1.41. The zero-order chi connectivity index (χ0) is 10.0. The van der Waals surface area contributed by atoms with Gasteiger partial charge in [0, 0.05) is 27.1 Å². The molecule has 0 spiro atoms. The van der Waals surface area contributed by atoms with Crippen molar-refractivity contribution in [3.63, 3.8) is 0 Å². The number of halogens is 1. The molecule has 1 aromatic heterocycles. The van der Waals surface area contributed by atoms with E-state index in [9.17, 15) is 15.3 Å². The first kappa shape index (κ1) is 9.91. The number of hydrogen-bond acceptors (Lipinski definition) is 3. The molecule has 0 radical (unpaired) electrons. The van der Waals surface area contributed by atoms with Gasteiger partial charge in [-0.3, -0.25) is 15.3 Å². The van der Waals surface area contributed by atoms with Crippen molar-refractivity contribution in [1.82, 2.24) is 0 Å². The predicted octanol–water partition coefficient (Wildman–Crippen LogP) is 1.44. The third-order valence-corrected chi connectivity index (χ3v) is 2.19. The van der Waals surface area contributed by atoms with Gasteiger partial charge in [-0.05, 0) is 0 Å². The van der Waals surface area contributed by atoms with E-state index in [1.165, 1.54) is 12.1 Å². The topological polar surface area (TPSA) is 67.2 Å². The highest BCUT2D eigenvalue weighted by atomic mass is 79.9. The second kappa shape index (κ2) is 3.69. The molecule has 13 heavy (non-hydrogen) atoms. The molecule has 5 nitrogen and oxygen atoms in total. The first-order valence-electron chi connectivity index (χ1n) is 3.64. The molecule has 0 saturated heterocycles. The van der Waals surface area contributed by atoms with E-state index in [-0.39, 0.29) is 10.3 Å². The fraction of sp³-hybridized carbons (Fsp3) is 0.286. The first-order valence-corrected chi connectivity index (χ1v) is 4.43. The summed E-state index contributed by atoms with van der Waals surface area (Å²) < 4.78 is 1.16. The Balaban J connectivity index is 3.30. The molecule has 0 saturated carbocycles. The number of hydrogen-bond donors (Lipinski definition) is 1. The molecule has 0 aliphatic rings. The third kappa shape index (κ3) is 1.95. The molecule has 1 aromatic rings. The molecule has 0 aliphatic heterocycles. The number of aromatic nitrogens is 1. The molecule has 0 amide bonds. The monoisotopic (exact) mass is 247 g/mol. The maximum atomic E-state index is 10.4. The normalized spacial score (nSPS) is 10.0. The summed E-state index contributed by atoms with van der Waals surface area (Å²) in [6.07, 6.45) is 0.525. The van der Waals surface area contributed by atoms with Gasteiger partial charge in [0.1, 0.15) is 6.07 Å². The van der Waals surface area contributed by atoms with Gasteiger partial charge in [0.05, 0.1) is 11.0 Å². The highest BCUT2D eigenvalue weighted by Crippen LogP contribution is 2.16. The Morgan fingerprint density at radius 1 is 1.69 bits per heavy atom. The molecule has 70 valence electrons. The van der Waals surface area contributed by atoms with Gasteiger partial charge in [-0.15, -0.1) is 0 Å². The van der Waals surface area contributed by atoms with Crippen LogP contribution in [0.15, 0.2) is 16.7 Å². The quantitative estimate of drug-likeness (QED) is 0.283. The Morgan fingerprint density at radius 2 is 2.31 bits per heavy atom. The van der Waals surface area contributed by atoms with Crippen molar-refractivity contribution in [3.05, 3.63) is 32.5 Å². The molecule has 0 aromatic carbocycles. The number of nitrogens with zero attached hydrogens (tertiary/aromatic N) is 2. The van der Waals surface area contributed by atoms with Crippen LogP contribution in [0.3, 0.4) is 0 Å². The van der Waals surface area contributed by atoms with Gasteiger partial charge in [0.2, 0.25) is 5.69 Å². The van der Waals surface area contributed by atoms with Gasteiger partial charge >= 0.3 is 4.60 Å². The number of rotatable bonds is 2. The van der Waals surface area contributed by atoms with E-state index in [4.69, 9.17) is 0 Å². The molecule has 1 rings (SSSR count). The number of pyridine rings is 1. The van der Waals surface area contributed by atoms with E-state index >= 15 is 0 Å². The van der Waals surface area contributed by atoms with E-state index in [0.29, 0.717) is 12.1 Å². The SMILES string of the molecule is CCc1cc([N+](=O)[O-])cc(Br)[n+]1O. The van der Waals surface area contributed by atoms with Crippen LogP contribution >= 0.6 is 15.9 Å². The lowest BCUT2D eigenvalue weighted by atomic mass is 10.3. The standard InChI is InChI=1S/C7H8BrN2O3/c1-2-5-3-6(10(12)13)4-7(8)9(5)11/h3-4,11H,2H2,1H3/q+1. The van der Waals surface area contributed by atoms with Crippen LogP contribution < -0.4 is 4.73 Å². The lowest BCUT2D eigenvalue weighted by Crippen LogP contribution is -2.36. The van der Waals surface area contributed by atoms with E-state index < -0.39 is 4.92 Å². The zero-order valence-corrected chi connectivity index (χ0v) is 8.48. The van der Waals surface area contributed by atoms with Crippen LogP contribution in [0.4, 0.5) is 5.69 Å². The van der Waals surface area contributed by atoms with Crippen LogP contribution in [-0.2, 0) is 6.42 Å². The molecular formula is C7H8BrN2O3+. The van der Waals surface area contributed by atoms with Crippen molar-refractivity contribution in [3.8, 4) is 0 Å². The van der Waals surface area contributed by atoms with E-state index in [1.54, 1.807) is 6.92 Å². The predicted molar refractivity (Wildman–Crippen MR) is 47.6 cm³/mol. The van der Waals surface area contributed by atoms with Crippen molar-refractivity contribution >= 4 is 21.6 Å². The van der Waals surface area contributed by atoms with Crippen molar-refractivity contribution in [2.45, 2.75) is 13.3 Å². The summed E-state index contributed by atoms with van der Waals surface area (Å²) in [6, 6.07) is 2.59. The van der Waals surface area contributed by atoms with Crippen molar-refractivity contribution < 1.29 is 14.9 Å².